The fraction of sp³-hybridized carbons (Fsp3) is 1.00. The highest BCUT2D eigenvalue weighted by Gasteiger charge is 1.79. The highest BCUT2D eigenvalue weighted by Crippen LogP contribution is 1.75. The van der Waals surface area contributed by atoms with Gasteiger partial charge in [0.2, 0.25) is 0 Å². The monoisotopic (exact) mass is 117 g/mol. The fourth-order valence-electron chi connectivity index (χ4n) is 0.348. The Labute approximate surface area is 51.2 Å². The summed E-state index contributed by atoms with van der Waals surface area (Å²) < 4.78 is 0. The van der Waals surface area contributed by atoms with E-state index in [0.717, 1.165) is 26.0 Å². The Morgan fingerprint density at radius 3 is 2.50 bits per heavy atom. The average Bonchev–Trinajstić information content (AvgIpc) is 1.81. The van der Waals surface area contributed by atoms with Crippen LogP contribution < -0.4 is 5.48 Å². The number of hydroxylamine groups is 1. The molecular formula is C6H15NO. The lowest BCUT2D eigenvalue weighted by molar-refractivity contribution is 0.0419. The predicted molar refractivity (Wildman–Crippen MR) is 34.5 cm³/mol. The van der Waals surface area contributed by atoms with Crippen LogP contribution in [0.4, 0.5) is 0 Å². The van der Waals surface area contributed by atoms with Crippen molar-refractivity contribution in [1.82, 2.24) is 5.48 Å². The molecule has 0 amide bonds. The van der Waals surface area contributed by atoms with Gasteiger partial charge < -0.3 is 4.84 Å². The summed E-state index contributed by atoms with van der Waals surface area (Å²) in [4.78, 5) is 4.97. The van der Waals surface area contributed by atoms with Crippen molar-refractivity contribution >= 4 is 0 Å². The quantitative estimate of drug-likeness (QED) is 0.433. The van der Waals surface area contributed by atoms with Crippen LogP contribution in [0.3, 0.4) is 0 Å². The van der Waals surface area contributed by atoms with Crippen LogP contribution in [0.15, 0.2) is 0 Å². The van der Waals surface area contributed by atoms with Crippen LogP contribution in [0.5, 0.6) is 0 Å². The van der Waals surface area contributed by atoms with E-state index in [1.165, 1.54) is 0 Å². The summed E-state index contributed by atoms with van der Waals surface area (Å²) in [7, 11) is 0. The molecule has 0 rings (SSSR count). The largest absolute Gasteiger partial charge is 0.302 e. The minimum Gasteiger partial charge on any atom is -0.302 e. The highest BCUT2D eigenvalue weighted by atomic mass is 16.6. The van der Waals surface area contributed by atoms with Gasteiger partial charge >= 0.3 is 0 Å². The molecule has 0 aromatic heterocycles. The van der Waals surface area contributed by atoms with Crippen LogP contribution >= 0.6 is 0 Å². The standard InChI is InChI=1S/C6H15NO/c1-3-5-7-8-6-4-2/h7H,3-6H2,1-2H3. The molecule has 0 atom stereocenters. The van der Waals surface area contributed by atoms with Gasteiger partial charge in [-0.2, -0.15) is 0 Å². The van der Waals surface area contributed by atoms with Crippen molar-refractivity contribution in [2.24, 2.45) is 0 Å². The van der Waals surface area contributed by atoms with Crippen molar-refractivity contribution < 1.29 is 4.84 Å². The van der Waals surface area contributed by atoms with Gasteiger partial charge in [-0.1, -0.05) is 13.8 Å². The SMILES string of the molecule is CCCNOCCC. The molecule has 0 aliphatic heterocycles. The Hall–Kier alpha value is -0.0800. The molecule has 0 aromatic carbocycles. The normalized spacial score (nSPS) is 9.75. The Morgan fingerprint density at radius 2 is 2.00 bits per heavy atom. The molecule has 0 radical (unpaired) electrons. The molecule has 2 nitrogen and oxygen atoms in total. The molecule has 1 N–H and O–H groups in total. The van der Waals surface area contributed by atoms with Crippen molar-refractivity contribution in [2.75, 3.05) is 13.2 Å². The van der Waals surface area contributed by atoms with E-state index in [0.29, 0.717) is 0 Å². The van der Waals surface area contributed by atoms with Gasteiger partial charge in [-0.15, -0.1) is 0 Å². The second kappa shape index (κ2) is 6.92. The molecule has 0 heterocycles. The Bertz CT molecular complexity index is 33.5. The predicted octanol–water partition coefficient (Wildman–Crippen LogP) is 1.33. The molecule has 0 saturated heterocycles. The number of hydrogen-bond acceptors (Lipinski definition) is 2. The highest BCUT2D eigenvalue weighted by molar-refractivity contribution is 4.27. The third kappa shape index (κ3) is 5.92. The first kappa shape index (κ1) is 7.92. The smallest absolute Gasteiger partial charge is 0.0679 e. The van der Waals surface area contributed by atoms with E-state index in [4.69, 9.17) is 4.84 Å². The van der Waals surface area contributed by atoms with Crippen LogP contribution in [-0.2, 0) is 4.84 Å². The van der Waals surface area contributed by atoms with E-state index in [9.17, 15) is 0 Å². The summed E-state index contributed by atoms with van der Waals surface area (Å²) in [6.45, 7) is 5.98. The summed E-state index contributed by atoms with van der Waals surface area (Å²) in [6.07, 6.45) is 2.21. The summed E-state index contributed by atoms with van der Waals surface area (Å²) in [5.41, 5.74) is 2.84. The first-order valence-electron chi connectivity index (χ1n) is 3.26. The Balaban J connectivity index is 2.53. The summed E-state index contributed by atoms with van der Waals surface area (Å²) in [6, 6.07) is 0. The fourth-order valence-corrected chi connectivity index (χ4v) is 0.348. The van der Waals surface area contributed by atoms with Crippen molar-refractivity contribution in [3.63, 3.8) is 0 Å². The van der Waals surface area contributed by atoms with E-state index in [1.807, 2.05) is 0 Å². The molecule has 0 unspecified atom stereocenters. The van der Waals surface area contributed by atoms with E-state index in [1.54, 1.807) is 0 Å². The molecule has 0 spiro atoms. The zero-order chi connectivity index (χ0) is 6.24. The zero-order valence-electron chi connectivity index (χ0n) is 5.74. The van der Waals surface area contributed by atoms with Crippen LogP contribution in [0.25, 0.3) is 0 Å². The lowest BCUT2D eigenvalue weighted by atomic mass is 10.5. The maximum atomic E-state index is 4.97. The van der Waals surface area contributed by atoms with E-state index in [-0.39, 0.29) is 0 Å². The maximum absolute atomic E-state index is 4.97. The van der Waals surface area contributed by atoms with Gasteiger partial charge in [0.05, 0.1) is 6.61 Å². The van der Waals surface area contributed by atoms with Gasteiger partial charge in [-0.3, -0.25) is 0 Å². The van der Waals surface area contributed by atoms with Crippen molar-refractivity contribution in [3.8, 4) is 0 Å². The first-order chi connectivity index (χ1) is 3.91. The first-order valence-corrected chi connectivity index (χ1v) is 3.26. The third-order valence-corrected chi connectivity index (χ3v) is 0.760. The molecule has 0 aliphatic carbocycles. The minimum atomic E-state index is 0.819. The van der Waals surface area contributed by atoms with Gasteiger partial charge in [0.15, 0.2) is 0 Å². The second-order valence-electron chi connectivity index (χ2n) is 1.74. The van der Waals surface area contributed by atoms with E-state index >= 15 is 0 Å². The average molecular weight is 117 g/mol. The van der Waals surface area contributed by atoms with Crippen LogP contribution in [0.2, 0.25) is 0 Å². The van der Waals surface area contributed by atoms with Gasteiger partial charge in [0.25, 0.3) is 0 Å². The Kier molecular flexibility index (Phi) is 6.85. The Morgan fingerprint density at radius 1 is 1.25 bits per heavy atom. The molecule has 0 aromatic rings. The molecule has 0 bridgehead atoms. The van der Waals surface area contributed by atoms with E-state index in [2.05, 4.69) is 19.3 Å². The van der Waals surface area contributed by atoms with Crippen molar-refractivity contribution in [3.05, 3.63) is 0 Å². The van der Waals surface area contributed by atoms with Crippen LogP contribution in [0, 0.1) is 0 Å². The topological polar surface area (TPSA) is 21.3 Å². The van der Waals surface area contributed by atoms with Crippen LogP contribution in [0.1, 0.15) is 26.7 Å². The number of nitrogens with one attached hydrogen (secondary N) is 1. The lowest BCUT2D eigenvalue weighted by Gasteiger charge is -1.99. The van der Waals surface area contributed by atoms with E-state index < -0.39 is 0 Å². The van der Waals surface area contributed by atoms with Crippen molar-refractivity contribution in [1.29, 1.82) is 0 Å². The maximum Gasteiger partial charge on any atom is 0.0679 e. The molecule has 0 aliphatic rings. The second-order valence-corrected chi connectivity index (χ2v) is 1.74. The zero-order valence-corrected chi connectivity index (χ0v) is 5.74. The summed E-state index contributed by atoms with van der Waals surface area (Å²) in [5, 5.41) is 0. The van der Waals surface area contributed by atoms with Gasteiger partial charge in [0, 0.05) is 6.54 Å². The van der Waals surface area contributed by atoms with Crippen LogP contribution in [-0.4, -0.2) is 13.2 Å². The minimum absolute atomic E-state index is 0.819. The molecular weight excluding hydrogens is 102 g/mol. The summed E-state index contributed by atoms with van der Waals surface area (Å²) in [5.74, 6) is 0. The molecule has 0 saturated carbocycles. The van der Waals surface area contributed by atoms with Gasteiger partial charge in [-0.05, 0) is 12.8 Å². The van der Waals surface area contributed by atoms with Crippen molar-refractivity contribution in [2.45, 2.75) is 26.7 Å². The molecule has 50 valence electrons. The third-order valence-electron chi connectivity index (χ3n) is 0.760. The number of hydrogen-bond donors (Lipinski definition) is 1. The van der Waals surface area contributed by atoms with Gasteiger partial charge in [0.1, 0.15) is 0 Å². The molecule has 0 fully saturated rings. The lowest BCUT2D eigenvalue weighted by Crippen LogP contribution is -2.15. The van der Waals surface area contributed by atoms with Gasteiger partial charge in [-0.25, -0.2) is 5.48 Å². The number of rotatable bonds is 5. The molecule has 8 heavy (non-hydrogen) atoms. The molecule has 2 heteroatoms. The summed E-state index contributed by atoms with van der Waals surface area (Å²) >= 11 is 0.